The first-order valence-corrected chi connectivity index (χ1v) is 13.3. The lowest BCUT2D eigenvalue weighted by Gasteiger charge is -2.29. The van der Waals surface area contributed by atoms with E-state index in [1.54, 1.807) is 0 Å². The van der Waals surface area contributed by atoms with Gasteiger partial charge in [0.25, 0.3) is 0 Å². The van der Waals surface area contributed by atoms with E-state index in [-0.39, 0.29) is 24.1 Å². The maximum atomic E-state index is 12.4. The molecule has 6 heteroatoms. The molecule has 4 amide bonds. The molecule has 2 aliphatic carbocycles. The number of rotatable bonds is 6. The fourth-order valence-electron chi connectivity index (χ4n) is 5.38. The first-order chi connectivity index (χ1) is 17.0. The highest BCUT2D eigenvalue weighted by Crippen LogP contribution is 2.25. The smallest absolute Gasteiger partial charge is 0.319 e. The summed E-state index contributed by atoms with van der Waals surface area (Å²) in [6.45, 7) is 4.43. The molecule has 4 N–H and O–H groups in total. The number of hydrogen-bond acceptors (Lipinski definition) is 2. The van der Waals surface area contributed by atoms with Crippen LogP contribution in [0.4, 0.5) is 21.0 Å². The third kappa shape index (κ3) is 7.48. The van der Waals surface area contributed by atoms with Crippen molar-refractivity contribution in [3.05, 3.63) is 59.7 Å². The molecule has 0 heterocycles. The van der Waals surface area contributed by atoms with E-state index in [4.69, 9.17) is 0 Å². The van der Waals surface area contributed by atoms with Gasteiger partial charge >= 0.3 is 12.1 Å². The fraction of sp³-hybridized carbons (Fsp3) is 0.517. The third-order valence-corrected chi connectivity index (χ3v) is 7.69. The number of benzene rings is 2. The van der Waals surface area contributed by atoms with Crippen LogP contribution in [0.5, 0.6) is 0 Å². The summed E-state index contributed by atoms with van der Waals surface area (Å²) < 4.78 is 0. The summed E-state index contributed by atoms with van der Waals surface area (Å²) in [5.41, 5.74) is 3.93. The van der Waals surface area contributed by atoms with Crippen molar-refractivity contribution < 1.29 is 9.59 Å². The minimum absolute atomic E-state index is 0.124. The standard InChI is InChI=1S/C29H40N4O2/c1-20-7-3-5-9-26(20)32-28(34)30-24-15-11-22(12-16-24)19-23-13-17-25(18-14-23)31-29(35)33-27-10-6-4-8-21(27)2/h11-18,20-21,26-27H,3-10,19H2,1-2H3,(H2,30,32,34)(H2,31,33,35). The molecule has 0 bridgehead atoms. The third-order valence-electron chi connectivity index (χ3n) is 7.69. The van der Waals surface area contributed by atoms with Crippen LogP contribution in [-0.4, -0.2) is 24.1 Å². The summed E-state index contributed by atoms with van der Waals surface area (Å²) >= 11 is 0. The van der Waals surface area contributed by atoms with Gasteiger partial charge in [0.05, 0.1) is 0 Å². The van der Waals surface area contributed by atoms with Crippen LogP contribution in [0.2, 0.25) is 0 Å². The van der Waals surface area contributed by atoms with Crippen molar-refractivity contribution in [2.75, 3.05) is 10.6 Å². The van der Waals surface area contributed by atoms with Crippen molar-refractivity contribution in [3.63, 3.8) is 0 Å². The second-order valence-electron chi connectivity index (χ2n) is 10.5. The minimum atomic E-state index is -0.124. The van der Waals surface area contributed by atoms with Gasteiger partial charge in [-0.1, -0.05) is 63.8 Å². The summed E-state index contributed by atoms with van der Waals surface area (Å²) in [5, 5.41) is 12.2. The van der Waals surface area contributed by atoms with Gasteiger partial charge in [-0.15, -0.1) is 0 Å². The van der Waals surface area contributed by atoms with Gasteiger partial charge in [-0.2, -0.15) is 0 Å². The number of amides is 4. The van der Waals surface area contributed by atoms with E-state index in [1.807, 2.05) is 48.5 Å². The van der Waals surface area contributed by atoms with Crippen molar-refractivity contribution >= 4 is 23.4 Å². The summed E-state index contributed by atoms with van der Waals surface area (Å²) in [6, 6.07) is 16.3. The molecule has 2 fully saturated rings. The Labute approximate surface area is 209 Å². The predicted molar refractivity (Wildman–Crippen MR) is 143 cm³/mol. The molecule has 35 heavy (non-hydrogen) atoms. The number of carbonyl (C=O) groups excluding carboxylic acids is 2. The molecular formula is C29H40N4O2. The highest BCUT2D eigenvalue weighted by atomic mass is 16.2. The zero-order valence-corrected chi connectivity index (χ0v) is 21.1. The van der Waals surface area contributed by atoms with E-state index >= 15 is 0 Å². The van der Waals surface area contributed by atoms with Crippen LogP contribution in [0.15, 0.2) is 48.5 Å². The second-order valence-corrected chi connectivity index (χ2v) is 10.5. The Morgan fingerprint density at radius 2 is 1.00 bits per heavy atom. The average molecular weight is 477 g/mol. The Morgan fingerprint density at radius 3 is 1.37 bits per heavy atom. The van der Waals surface area contributed by atoms with Crippen molar-refractivity contribution in [2.24, 2.45) is 11.8 Å². The van der Waals surface area contributed by atoms with Gasteiger partial charge in [0.2, 0.25) is 0 Å². The zero-order valence-electron chi connectivity index (χ0n) is 21.1. The Kier molecular flexibility index (Phi) is 8.67. The fourth-order valence-corrected chi connectivity index (χ4v) is 5.38. The Hall–Kier alpha value is -3.02. The van der Waals surface area contributed by atoms with Gasteiger partial charge in [0, 0.05) is 23.5 Å². The molecule has 2 aliphatic rings. The largest absolute Gasteiger partial charge is 0.335 e. The molecule has 6 nitrogen and oxygen atoms in total. The number of hydrogen-bond donors (Lipinski definition) is 4. The van der Waals surface area contributed by atoms with Gasteiger partial charge in [0.1, 0.15) is 0 Å². The van der Waals surface area contributed by atoms with E-state index in [9.17, 15) is 9.59 Å². The van der Waals surface area contributed by atoms with E-state index < -0.39 is 0 Å². The normalized spacial score (nSPS) is 24.3. The molecule has 0 radical (unpaired) electrons. The monoisotopic (exact) mass is 476 g/mol. The molecule has 4 atom stereocenters. The van der Waals surface area contributed by atoms with Crippen LogP contribution in [0.1, 0.15) is 76.3 Å². The molecular weight excluding hydrogens is 436 g/mol. The van der Waals surface area contributed by atoms with Crippen LogP contribution < -0.4 is 21.3 Å². The van der Waals surface area contributed by atoms with Crippen molar-refractivity contribution in [2.45, 2.75) is 83.7 Å². The van der Waals surface area contributed by atoms with Gasteiger partial charge < -0.3 is 21.3 Å². The van der Waals surface area contributed by atoms with Crippen LogP contribution in [0.25, 0.3) is 0 Å². The molecule has 4 unspecified atom stereocenters. The minimum Gasteiger partial charge on any atom is -0.335 e. The van der Waals surface area contributed by atoms with Gasteiger partial charge in [-0.05, 0) is 79.3 Å². The summed E-state index contributed by atoms with van der Waals surface area (Å²) in [4.78, 5) is 24.8. The molecule has 188 valence electrons. The highest BCUT2D eigenvalue weighted by Gasteiger charge is 2.23. The number of anilines is 2. The van der Waals surface area contributed by atoms with Gasteiger partial charge in [-0.25, -0.2) is 9.59 Å². The maximum absolute atomic E-state index is 12.4. The van der Waals surface area contributed by atoms with E-state index in [0.717, 1.165) is 30.6 Å². The summed E-state index contributed by atoms with van der Waals surface area (Å²) in [6.07, 6.45) is 10.2. The number of urea groups is 2. The number of nitrogens with one attached hydrogen (secondary N) is 4. The van der Waals surface area contributed by atoms with Gasteiger partial charge in [0.15, 0.2) is 0 Å². The maximum Gasteiger partial charge on any atom is 0.319 e. The van der Waals surface area contributed by atoms with Crippen molar-refractivity contribution in [3.8, 4) is 0 Å². The summed E-state index contributed by atoms with van der Waals surface area (Å²) in [5.74, 6) is 1.07. The second kappa shape index (κ2) is 12.1. The zero-order chi connectivity index (χ0) is 24.6. The molecule has 0 saturated heterocycles. The van der Waals surface area contributed by atoms with E-state index in [1.165, 1.54) is 49.7 Å². The van der Waals surface area contributed by atoms with Crippen molar-refractivity contribution in [1.29, 1.82) is 0 Å². The average Bonchev–Trinajstić information content (AvgIpc) is 2.84. The molecule has 0 aromatic heterocycles. The van der Waals surface area contributed by atoms with Crippen LogP contribution >= 0.6 is 0 Å². The molecule has 2 aromatic carbocycles. The Balaban J connectivity index is 1.23. The Morgan fingerprint density at radius 1 is 0.629 bits per heavy atom. The molecule has 0 spiro atoms. The SMILES string of the molecule is CC1CCCCC1NC(=O)Nc1ccc(Cc2ccc(NC(=O)NC3CCCCC3C)cc2)cc1. The lowest BCUT2D eigenvalue weighted by molar-refractivity contribution is 0.232. The quantitative estimate of drug-likeness (QED) is 0.375. The van der Waals surface area contributed by atoms with E-state index in [2.05, 4.69) is 35.1 Å². The predicted octanol–water partition coefficient (Wildman–Crippen LogP) is 6.68. The highest BCUT2D eigenvalue weighted by molar-refractivity contribution is 5.90. The van der Waals surface area contributed by atoms with Crippen LogP contribution in [-0.2, 0) is 6.42 Å². The first-order valence-electron chi connectivity index (χ1n) is 13.3. The molecule has 2 saturated carbocycles. The molecule has 0 aliphatic heterocycles. The number of carbonyl (C=O) groups is 2. The van der Waals surface area contributed by atoms with E-state index in [0.29, 0.717) is 11.8 Å². The topological polar surface area (TPSA) is 82.3 Å². The first kappa shape index (κ1) is 25.1. The van der Waals surface area contributed by atoms with Crippen molar-refractivity contribution in [1.82, 2.24) is 10.6 Å². The van der Waals surface area contributed by atoms with Crippen LogP contribution in [0.3, 0.4) is 0 Å². The summed E-state index contributed by atoms with van der Waals surface area (Å²) in [7, 11) is 0. The molecule has 2 aromatic rings. The molecule has 4 rings (SSSR count). The van der Waals surface area contributed by atoms with Crippen LogP contribution in [0, 0.1) is 11.8 Å². The lowest BCUT2D eigenvalue weighted by Crippen LogP contribution is -2.43. The van der Waals surface area contributed by atoms with Gasteiger partial charge in [-0.3, -0.25) is 0 Å². The lowest BCUT2D eigenvalue weighted by atomic mass is 9.86. The Bertz CT molecular complexity index is 894.